The van der Waals surface area contributed by atoms with Crippen molar-refractivity contribution in [3.05, 3.63) is 0 Å². The second kappa shape index (κ2) is 237. The van der Waals surface area contributed by atoms with Crippen LogP contribution in [0.3, 0.4) is 0 Å². The van der Waals surface area contributed by atoms with Gasteiger partial charge in [0, 0.05) is 0 Å². The fourth-order valence-corrected chi connectivity index (χ4v) is 0. The van der Waals surface area contributed by atoms with Crippen LogP contribution >= 0.6 is 0 Å². The van der Waals surface area contributed by atoms with Gasteiger partial charge in [0.2, 0.25) is 0 Å². The average molecular weight is 242 g/mol. The first kappa shape index (κ1) is 133. The van der Waals surface area contributed by atoms with Gasteiger partial charge < -0.3 is 27.4 Å². The van der Waals surface area contributed by atoms with Gasteiger partial charge in [-0.05, 0) is 0 Å². The molecule has 0 amide bonds. The molecule has 0 unspecified atom stereocenters. The minimum absolute atomic E-state index is 0. The first-order chi connectivity index (χ1) is 1.41. The standard InChI is InChI=1S/O2Si.5O.2V/c1-3-2;;;;;;;/q;5*-2;2*+5. The van der Waals surface area contributed by atoms with E-state index < -0.39 is 9.29 Å². The van der Waals surface area contributed by atoms with Crippen LogP contribution in [-0.2, 0) is 73.4 Å². The predicted molar refractivity (Wildman–Crippen MR) is 10.6 cm³/mol. The smallest absolute Gasteiger partial charge is 2.00 e. The van der Waals surface area contributed by atoms with Gasteiger partial charge in [-0.2, -0.15) is 0 Å². The normalized spacial score (nSPS) is 0.800. The number of hydrogen-bond acceptors (Lipinski definition) is 2. The topological polar surface area (TPSA) is 177 Å². The van der Waals surface area contributed by atoms with Crippen LogP contribution in [-0.4, -0.2) is 9.29 Å². The summed E-state index contributed by atoms with van der Waals surface area (Å²) in [7, 11) is -1.42. The van der Waals surface area contributed by atoms with Crippen molar-refractivity contribution in [3.8, 4) is 0 Å². The molecule has 0 aromatic carbocycles. The fraction of sp³-hybridized carbons (Fsp3) is 0. The van der Waals surface area contributed by atoms with Crippen molar-refractivity contribution in [2.75, 3.05) is 0 Å². The van der Waals surface area contributed by atoms with Crippen molar-refractivity contribution < 1.29 is 73.4 Å². The third-order valence-electron chi connectivity index (χ3n) is 0. The summed E-state index contributed by atoms with van der Waals surface area (Å²) in [5.74, 6) is 0. The van der Waals surface area contributed by atoms with E-state index in [-0.39, 0.29) is 64.5 Å². The van der Waals surface area contributed by atoms with Crippen LogP contribution < -0.4 is 0 Å². The van der Waals surface area contributed by atoms with Crippen LogP contribution in [0.4, 0.5) is 0 Å². The zero-order valence-electron chi connectivity index (χ0n) is 4.25. The van der Waals surface area contributed by atoms with Gasteiger partial charge in [-0.3, -0.25) is 8.92 Å². The van der Waals surface area contributed by atoms with Crippen LogP contribution in [0.2, 0.25) is 0 Å². The van der Waals surface area contributed by atoms with Crippen LogP contribution in [0.15, 0.2) is 0 Å². The zero-order valence-corrected chi connectivity index (χ0v) is 8.05. The van der Waals surface area contributed by atoms with Crippen molar-refractivity contribution in [1.82, 2.24) is 0 Å². The van der Waals surface area contributed by atoms with Gasteiger partial charge in [0.1, 0.15) is 0 Å². The molecule has 0 radical (unpaired) electrons. The molecule has 10 heteroatoms. The van der Waals surface area contributed by atoms with E-state index in [4.69, 9.17) is 8.92 Å². The van der Waals surface area contributed by atoms with Gasteiger partial charge in [0.15, 0.2) is 0 Å². The van der Waals surface area contributed by atoms with Crippen LogP contribution in [0.25, 0.3) is 0 Å². The van der Waals surface area contributed by atoms with Crippen molar-refractivity contribution in [2.24, 2.45) is 0 Å². The van der Waals surface area contributed by atoms with Gasteiger partial charge in [0.05, 0.1) is 0 Å². The first-order valence-electron chi connectivity index (χ1n) is 0.408. The molecule has 0 N–H and O–H groups in total. The molecule has 7 nitrogen and oxygen atoms in total. The van der Waals surface area contributed by atoms with Gasteiger partial charge in [-0.25, -0.2) is 0 Å². The molecular formula is O7SiV2. The Labute approximate surface area is 82.8 Å². The maximum Gasteiger partial charge on any atom is 5.00 e. The van der Waals surface area contributed by atoms with Gasteiger partial charge in [-0.1, -0.05) is 0 Å². The largest absolute Gasteiger partial charge is 5.00 e. The summed E-state index contributed by atoms with van der Waals surface area (Å²) in [6.45, 7) is 0. The molecule has 56 valence electrons. The monoisotopic (exact) mass is 242 g/mol. The molecule has 0 rings (SSSR count). The minimum Gasteiger partial charge on any atom is -2.00 e. The molecule has 0 aromatic heterocycles. The van der Waals surface area contributed by atoms with Gasteiger partial charge >= 0.3 is 46.4 Å². The second-order valence-electron chi connectivity index (χ2n) is 0.0833. The van der Waals surface area contributed by atoms with E-state index in [1.54, 1.807) is 0 Å². The maximum absolute atomic E-state index is 8.40. The van der Waals surface area contributed by atoms with Gasteiger partial charge in [-0.15, -0.1) is 0 Å². The summed E-state index contributed by atoms with van der Waals surface area (Å²) in [5, 5.41) is 0. The Morgan fingerprint density at radius 2 is 0.600 bits per heavy atom. The molecule has 0 saturated carbocycles. The number of rotatable bonds is 0. The molecule has 0 aliphatic rings. The Balaban J connectivity index is -0.000000000952. The summed E-state index contributed by atoms with van der Waals surface area (Å²) < 4.78 is 16.8. The van der Waals surface area contributed by atoms with Crippen LogP contribution in [0.1, 0.15) is 0 Å². The molecule has 0 aliphatic carbocycles. The SMILES string of the molecule is O=[Si]=O.[O-2].[O-2].[O-2].[O-2].[O-2].[V+5].[V+5]. The third-order valence-corrected chi connectivity index (χ3v) is 0. The van der Waals surface area contributed by atoms with Crippen LogP contribution in [0.5, 0.6) is 0 Å². The predicted octanol–water partition coefficient (Wildman–Crippen LogP) is -1.22. The quantitative estimate of drug-likeness (QED) is 0.483. The summed E-state index contributed by atoms with van der Waals surface area (Å²) >= 11 is 0. The van der Waals surface area contributed by atoms with Crippen molar-refractivity contribution in [1.29, 1.82) is 0 Å². The van der Waals surface area contributed by atoms with Crippen molar-refractivity contribution in [3.63, 3.8) is 0 Å². The molecule has 0 aromatic rings. The van der Waals surface area contributed by atoms with E-state index in [9.17, 15) is 0 Å². The molecule has 0 fully saturated rings. The molecule has 0 aliphatic heterocycles. The zero-order chi connectivity index (χ0) is 2.71. The fourth-order valence-electron chi connectivity index (χ4n) is 0. The van der Waals surface area contributed by atoms with Gasteiger partial charge in [0.25, 0.3) is 0 Å². The third kappa shape index (κ3) is 863. The first-order valence-corrected chi connectivity index (χ1v) is 1.22. The molecule has 0 bridgehead atoms. The Hall–Kier alpha value is 0.786. The number of hydrogen-bond donors (Lipinski definition) is 0. The van der Waals surface area contributed by atoms with E-state index in [0.29, 0.717) is 0 Å². The Morgan fingerprint density at radius 1 is 0.600 bits per heavy atom. The van der Waals surface area contributed by atoms with E-state index in [1.165, 1.54) is 0 Å². The molecule has 10 heavy (non-hydrogen) atoms. The Morgan fingerprint density at radius 3 is 0.600 bits per heavy atom. The minimum atomic E-state index is -1.42. The average Bonchev–Trinajstić information content (AvgIpc) is 0.918. The molecule has 0 heterocycles. The second-order valence-corrected chi connectivity index (χ2v) is 0.250. The van der Waals surface area contributed by atoms with E-state index in [0.717, 1.165) is 0 Å². The van der Waals surface area contributed by atoms with E-state index in [2.05, 4.69) is 0 Å². The Bertz CT molecular complexity index is 32.6. The van der Waals surface area contributed by atoms with Crippen molar-refractivity contribution in [2.45, 2.75) is 0 Å². The van der Waals surface area contributed by atoms with Crippen molar-refractivity contribution >= 4 is 9.29 Å². The molecular weight excluding hydrogens is 242 g/mol. The van der Waals surface area contributed by atoms with E-state index in [1.807, 2.05) is 0 Å². The molecule has 0 atom stereocenters. The summed E-state index contributed by atoms with van der Waals surface area (Å²) in [6.07, 6.45) is 0. The Kier molecular flexibility index (Phi) is 3150. The summed E-state index contributed by atoms with van der Waals surface area (Å²) in [6, 6.07) is 0. The maximum atomic E-state index is 8.40. The summed E-state index contributed by atoms with van der Waals surface area (Å²) in [4.78, 5) is 0. The van der Waals surface area contributed by atoms with E-state index >= 15 is 0 Å². The summed E-state index contributed by atoms with van der Waals surface area (Å²) in [5.41, 5.74) is 0. The van der Waals surface area contributed by atoms with Crippen LogP contribution in [0, 0.1) is 0 Å². The molecule has 0 spiro atoms. The molecule has 0 saturated heterocycles.